The van der Waals surface area contributed by atoms with Crippen molar-refractivity contribution in [2.45, 2.75) is 38.3 Å². The van der Waals surface area contributed by atoms with Gasteiger partial charge in [0.05, 0.1) is 5.56 Å². The number of hydrogen-bond acceptors (Lipinski definition) is 4. The summed E-state index contributed by atoms with van der Waals surface area (Å²) in [5.74, 6) is -3.14. The van der Waals surface area contributed by atoms with Gasteiger partial charge in [0, 0.05) is 29.3 Å². The van der Waals surface area contributed by atoms with Crippen molar-refractivity contribution in [2.24, 2.45) is 10.9 Å². The van der Waals surface area contributed by atoms with Crippen molar-refractivity contribution in [1.29, 1.82) is 0 Å². The molecule has 7 heteroatoms. The van der Waals surface area contributed by atoms with Gasteiger partial charge < -0.3 is 4.74 Å². The molecular weight excluding hydrogens is 371 g/mol. The van der Waals surface area contributed by atoms with Crippen LogP contribution in [-0.4, -0.2) is 24.1 Å². The Labute approximate surface area is 160 Å². The molecule has 1 aliphatic heterocycles. The molecule has 0 aromatic heterocycles. The van der Waals surface area contributed by atoms with Crippen molar-refractivity contribution in [2.75, 3.05) is 6.61 Å². The van der Waals surface area contributed by atoms with Crippen LogP contribution in [0.4, 0.5) is 13.2 Å². The summed E-state index contributed by atoms with van der Waals surface area (Å²) in [6.07, 6.45) is -1.92. The molecule has 0 spiro atoms. The van der Waals surface area contributed by atoms with E-state index >= 15 is 0 Å². The number of nitrogens with zero attached hydrogens (tertiary/aromatic N) is 1. The van der Waals surface area contributed by atoms with Crippen molar-refractivity contribution >= 4 is 17.5 Å². The van der Waals surface area contributed by atoms with Crippen LogP contribution in [0.5, 0.6) is 0 Å². The Morgan fingerprint density at radius 1 is 1.32 bits per heavy atom. The molecule has 1 unspecified atom stereocenters. The van der Waals surface area contributed by atoms with Gasteiger partial charge in [0.15, 0.2) is 5.78 Å². The Hall–Kier alpha value is -2.70. The van der Waals surface area contributed by atoms with E-state index in [9.17, 15) is 22.8 Å². The Bertz CT molecular complexity index is 883. The monoisotopic (exact) mass is 391 g/mol. The molecule has 0 bridgehead atoms. The van der Waals surface area contributed by atoms with Crippen LogP contribution in [0.1, 0.15) is 43.2 Å². The molecule has 1 aromatic rings. The quantitative estimate of drug-likeness (QED) is 0.556. The zero-order chi connectivity index (χ0) is 20.5. The lowest BCUT2D eigenvalue weighted by atomic mass is 9.70. The maximum absolute atomic E-state index is 13.7. The molecule has 0 radical (unpaired) electrons. The predicted octanol–water partition coefficient (Wildman–Crippen LogP) is 4.62. The fourth-order valence-electron chi connectivity index (χ4n) is 3.90. The number of allylic oxidation sites excluding steroid dienone is 2. The third-order valence-corrected chi connectivity index (χ3v) is 5.03. The highest BCUT2D eigenvalue weighted by molar-refractivity contribution is 6.08. The van der Waals surface area contributed by atoms with Crippen LogP contribution >= 0.6 is 0 Å². The smallest absolute Gasteiger partial charge is 0.416 e. The summed E-state index contributed by atoms with van der Waals surface area (Å²) in [5, 5.41) is 0. The van der Waals surface area contributed by atoms with Gasteiger partial charge in [-0.05, 0) is 31.4 Å². The fraction of sp³-hybridized carbons (Fsp3) is 0.381. The van der Waals surface area contributed by atoms with Crippen LogP contribution in [0, 0.1) is 5.92 Å². The fourth-order valence-corrected chi connectivity index (χ4v) is 3.90. The molecule has 0 fully saturated rings. The van der Waals surface area contributed by atoms with Gasteiger partial charge in [-0.15, -0.1) is 0 Å². The number of rotatable bonds is 4. The maximum atomic E-state index is 13.7. The highest BCUT2D eigenvalue weighted by Gasteiger charge is 2.46. The Morgan fingerprint density at radius 3 is 2.71 bits per heavy atom. The summed E-state index contributed by atoms with van der Waals surface area (Å²) in [7, 11) is 0. The van der Waals surface area contributed by atoms with E-state index < -0.39 is 29.5 Å². The zero-order valence-electron chi connectivity index (χ0n) is 15.4. The van der Waals surface area contributed by atoms with E-state index in [1.54, 1.807) is 6.92 Å². The second kappa shape index (κ2) is 7.73. The van der Waals surface area contributed by atoms with E-state index in [-0.39, 0.29) is 29.9 Å². The molecule has 2 aliphatic rings. The number of ether oxygens (including phenoxy) is 1. The number of carbonyl (C=O) groups is 2. The van der Waals surface area contributed by atoms with Gasteiger partial charge in [-0.1, -0.05) is 30.9 Å². The van der Waals surface area contributed by atoms with Crippen LogP contribution in [-0.2, 0) is 20.5 Å². The summed E-state index contributed by atoms with van der Waals surface area (Å²) in [5.41, 5.74) is 0.0658. The van der Waals surface area contributed by atoms with Gasteiger partial charge in [0.25, 0.3) is 0 Å². The van der Waals surface area contributed by atoms with Crippen LogP contribution in [0.2, 0.25) is 0 Å². The first kappa shape index (κ1) is 20.0. The number of hydrogen-bond donors (Lipinski definition) is 0. The van der Waals surface area contributed by atoms with Crippen molar-refractivity contribution < 1.29 is 27.5 Å². The first-order valence-electron chi connectivity index (χ1n) is 9.00. The molecular formula is C21H20F3NO3. The van der Waals surface area contributed by atoms with Crippen molar-refractivity contribution in [3.8, 4) is 0 Å². The van der Waals surface area contributed by atoms with E-state index in [1.807, 2.05) is 0 Å². The Morgan fingerprint density at radius 2 is 2.04 bits per heavy atom. The summed E-state index contributed by atoms with van der Waals surface area (Å²) in [4.78, 5) is 29.8. The minimum Gasteiger partial charge on any atom is -0.461 e. The molecule has 1 aromatic carbocycles. The van der Waals surface area contributed by atoms with Gasteiger partial charge in [-0.2, -0.15) is 13.2 Å². The average molecular weight is 391 g/mol. The number of esters is 1. The van der Waals surface area contributed by atoms with Crippen molar-refractivity contribution in [1.82, 2.24) is 0 Å². The predicted molar refractivity (Wildman–Crippen MR) is 97.8 cm³/mol. The molecule has 0 N–H and O–H groups in total. The highest BCUT2D eigenvalue weighted by Crippen LogP contribution is 2.47. The van der Waals surface area contributed by atoms with Crippen LogP contribution < -0.4 is 0 Å². The second-order valence-corrected chi connectivity index (χ2v) is 6.85. The number of alkyl halides is 3. The minimum atomic E-state index is -4.62. The van der Waals surface area contributed by atoms with E-state index in [1.165, 1.54) is 24.3 Å². The van der Waals surface area contributed by atoms with Gasteiger partial charge in [-0.3, -0.25) is 14.6 Å². The van der Waals surface area contributed by atoms with E-state index in [2.05, 4.69) is 11.6 Å². The molecule has 0 saturated heterocycles. The number of aliphatic imine (C=N–C) groups is 1. The van der Waals surface area contributed by atoms with Crippen LogP contribution in [0.15, 0.2) is 53.2 Å². The third-order valence-electron chi connectivity index (χ3n) is 5.03. The van der Waals surface area contributed by atoms with Crippen molar-refractivity contribution in [3.05, 3.63) is 59.3 Å². The Balaban J connectivity index is 2.21. The van der Waals surface area contributed by atoms with Gasteiger partial charge in [0.1, 0.15) is 12.5 Å². The summed E-state index contributed by atoms with van der Waals surface area (Å²) >= 11 is 0. The largest absolute Gasteiger partial charge is 0.461 e. The first-order chi connectivity index (χ1) is 13.3. The molecule has 148 valence electrons. The average Bonchev–Trinajstić information content (AvgIpc) is 2.64. The molecule has 1 aliphatic carbocycles. The highest BCUT2D eigenvalue weighted by atomic mass is 19.4. The third kappa shape index (κ3) is 3.66. The lowest BCUT2D eigenvalue weighted by Gasteiger charge is -2.35. The molecule has 28 heavy (non-hydrogen) atoms. The maximum Gasteiger partial charge on any atom is 0.416 e. The van der Waals surface area contributed by atoms with Gasteiger partial charge in [-0.25, -0.2) is 0 Å². The van der Waals surface area contributed by atoms with Gasteiger partial charge >= 0.3 is 12.1 Å². The number of halogens is 3. The SMILES string of the molecule is C=CCOC(=O)C1C(C)=NC2=C(C(=O)CCC2)[C@@H]1c1ccccc1C(F)(F)F. The minimum absolute atomic E-state index is 0.0733. The van der Waals surface area contributed by atoms with E-state index in [4.69, 9.17) is 4.74 Å². The normalized spacial score (nSPS) is 22.4. The first-order valence-corrected chi connectivity index (χ1v) is 9.00. The summed E-state index contributed by atoms with van der Waals surface area (Å²) in [6.45, 7) is 4.99. The lowest BCUT2D eigenvalue weighted by Crippen LogP contribution is -2.38. The molecule has 3 rings (SSSR count). The number of Topliss-reactive ketones (excluding diaryl/α,β-unsaturated/α-hetero) is 1. The molecule has 4 nitrogen and oxygen atoms in total. The zero-order valence-corrected chi connectivity index (χ0v) is 15.4. The van der Waals surface area contributed by atoms with Crippen molar-refractivity contribution in [3.63, 3.8) is 0 Å². The molecule has 0 saturated carbocycles. The Kier molecular flexibility index (Phi) is 5.54. The topological polar surface area (TPSA) is 55.7 Å². The molecule has 0 amide bonds. The van der Waals surface area contributed by atoms with Crippen LogP contribution in [0.25, 0.3) is 0 Å². The van der Waals surface area contributed by atoms with Gasteiger partial charge in [0.2, 0.25) is 0 Å². The number of ketones is 1. The lowest BCUT2D eigenvalue weighted by molar-refractivity contribution is -0.146. The number of benzene rings is 1. The van der Waals surface area contributed by atoms with Crippen LogP contribution in [0.3, 0.4) is 0 Å². The molecule has 2 atom stereocenters. The number of carbonyl (C=O) groups excluding carboxylic acids is 2. The summed E-state index contributed by atoms with van der Waals surface area (Å²) < 4.78 is 46.2. The molecule has 1 heterocycles. The standard InChI is InChI=1S/C21H20F3NO3/c1-3-11-28-20(27)17-12(2)25-15-9-6-10-16(26)19(15)18(17)13-7-4-5-8-14(13)21(22,23)24/h3-5,7-8,17-18H,1,6,9-11H2,2H3/t17?,18-/m1/s1. The van der Waals surface area contributed by atoms with E-state index in [0.29, 0.717) is 24.3 Å². The second-order valence-electron chi connectivity index (χ2n) is 6.85. The summed E-state index contributed by atoms with van der Waals surface area (Å²) in [6, 6.07) is 5.06. The van der Waals surface area contributed by atoms with E-state index in [0.717, 1.165) is 6.07 Å².